The maximum absolute atomic E-state index is 3.19. The number of hydrogen-bond acceptors (Lipinski definition) is 4. The summed E-state index contributed by atoms with van der Waals surface area (Å²) in [5.74, 6) is 0. The van der Waals surface area contributed by atoms with E-state index in [-0.39, 0.29) is 0 Å². The molecule has 4 heteroatoms. The van der Waals surface area contributed by atoms with E-state index in [1.165, 1.54) is 21.2 Å². The summed E-state index contributed by atoms with van der Waals surface area (Å²) in [4.78, 5) is 4.43. The fourth-order valence-corrected chi connectivity index (χ4v) is 3.50. The summed E-state index contributed by atoms with van der Waals surface area (Å²) in [5, 5.41) is 2.66. The van der Waals surface area contributed by atoms with Crippen LogP contribution >= 0.6 is 21.8 Å². The molecule has 1 aliphatic rings. The van der Waals surface area contributed by atoms with E-state index in [0.29, 0.717) is 0 Å². The molecule has 0 atom stereocenters. The molecule has 0 amide bonds. The second kappa shape index (κ2) is 4.06. The van der Waals surface area contributed by atoms with E-state index in [1.807, 2.05) is 0 Å². The second-order valence-electron chi connectivity index (χ2n) is 3.39. The Morgan fingerprint density at radius 3 is 3.00 bits per heavy atom. The van der Waals surface area contributed by atoms with Crippen molar-refractivity contribution >= 4 is 32.5 Å². The number of fused-ring (bicyclic) bond motifs is 3. The number of nitrogens with one attached hydrogen (secondary N) is 2. The molecule has 2 aromatic carbocycles. The Labute approximate surface area is 96.3 Å². The molecule has 2 N–H and O–H groups in total. The third kappa shape index (κ3) is 1.74. The number of rotatable bonds is 0. The first-order valence-electron chi connectivity index (χ1n) is 4.77. The summed E-state index contributed by atoms with van der Waals surface area (Å²) in [6.45, 7) is 0.872. The lowest BCUT2D eigenvalue weighted by Crippen LogP contribution is -2.22. The fourth-order valence-electron chi connectivity index (χ4n) is 1.80. The molecule has 0 radical (unpaired) electrons. The molecule has 15 heavy (non-hydrogen) atoms. The first kappa shape index (κ1) is 9.54. The normalized spacial score (nSPS) is 16.0. The molecule has 1 aliphatic heterocycles. The van der Waals surface area contributed by atoms with Gasteiger partial charge in [-0.15, -0.1) is 0 Å². The Morgan fingerprint density at radius 2 is 2.00 bits per heavy atom. The number of hydrazine groups is 1. The lowest BCUT2D eigenvalue weighted by Gasteiger charge is -2.07. The summed E-state index contributed by atoms with van der Waals surface area (Å²) in [5.41, 5.74) is 4.57. The topological polar surface area (TPSA) is 24.1 Å². The monoisotopic (exact) mass is 234 g/mol. The highest BCUT2D eigenvalue weighted by atomic mass is 33.1. The SMILES string of the molecule is c1ccc2c3c(ccc2c1)SSNNC3. The third-order valence-corrected chi connectivity index (χ3v) is 4.42. The van der Waals surface area contributed by atoms with Crippen LogP contribution in [0.4, 0.5) is 0 Å². The van der Waals surface area contributed by atoms with Crippen molar-refractivity contribution in [1.29, 1.82) is 0 Å². The predicted molar refractivity (Wildman–Crippen MR) is 67.4 cm³/mol. The molecule has 0 aromatic heterocycles. The van der Waals surface area contributed by atoms with Gasteiger partial charge in [-0.25, -0.2) is 5.43 Å². The van der Waals surface area contributed by atoms with E-state index in [4.69, 9.17) is 0 Å². The van der Waals surface area contributed by atoms with Crippen LogP contribution in [0.5, 0.6) is 0 Å². The number of benzene rings is 2. The quantitative estimate of drug-likeness (QED) is 0.540. The molecule has 76 valence electrons. The fraction of sp³-hybridized carbons (Fsp3) is 0.0909. The zero-order chi connectivity index (χ0) is 10.1. The average molecular weight is 234 g/mol. The second-order valence-corrected chi connectivity index (χ2v) is 5.36. The molecule has 0 bridgehead atoms. The van der Waals surface area contributed by atoms with Gasteiger partial charge in [0.05, 0.1) is 0 Å². The molecule has 2 nitrogen and oxygen atoms in total. The van der Waals surface area contributed by atoms with Crippen molar-refractivity contribution in [2.45, 2.75) is 11.4 Å². The zero-order valence-corrected chi connectivity index (χ0v) is 9.62. The minimum absolute atomic E-state index is 0.872. The Hall–Kier alpha value is -0.680. The van der Waals surface area contributed by atoms with Crippen LogP contribution in [0.2, 0.25) is 0 Å². The van der Waals surface area contributed by atoms with Crippen LogP contribution in [0, 0.1) is 0 Å². The van der Waals surface area contributed by atoms with E-state index in [1.54, 1.807) is 21.8 Å². The van der Waals surface area contributed by atoms with Crippen LogP contribution in [0.15, 0.2) is 41.3 Å². The van der Waals surface area contributed by atoms with E-state index in [2.05, 4.69) is 46.7 Å². The molecular formula is C11H10N2S2. The summed E-state index contributed by atoms with van der Waals surface area (Å²) >= 11 is 0. The standard InChI is InChI=1S/C11H10N2S2/c1-2-4-9-8(3-1)5-6-11-10(9)7-12-13-15-14-11/h1-6,12-13H,7H2. The predicted octanol–water partition coefficient (Wildman–Crippen LogP) is 3.10. The molecule has 2 aromatic rings. The van der Waals surface area contributed by atoms with Crippen molar-refractivity contribution in [2.24, 2.45) is 0 Å². The van der Waals surface area contributed by atoms with Crippen LogP contribution in [0.25, 0.3) is 10.8 Å². The van der Waals surface area contributed by atoms with Crippen molar-refractivity contribution in [3.05, 3.63) is 42.0 Å². The summed E-state index contributed by atoms with van der Waals surface area (Å²) in [7, 11) is 3.39. The van der Waals surface area contributed by atoms with E-state index < -0.39 is 0 Å². The van der Waals surface area contributed by atoms with Gasteiger partial charge in [0.1, 0.15) is 0 Å². The van der Waals surface area contributed by atoms with Gasteiger partial charge < -0.3 is 0 Å². The van der Waals surface area contributed by atoms with Crippen LogP contribution in [0.3, 0.4) is 0 Å². The van der Waals surface area contributed by atoms with Crippen molar-refractivity contribution < 1.29 is 0 Å². The van der Waals surface area contributed by atoms with Crippen molar-refractivity contribution in [3.63, 3.8) is 0 Å². The Kier molecular flexibility index (Phi) is 2.58. The Morgan fingerprint density at radius 1 is 1.07 bits per heavy atom. The van der Waals surface area contributed by atoms with E-state index in [9.17, 15) is 0 Å². The first-order chi connectivity index (χ1) is 7.45. The van der Waals surface area contributed by atoms with Crippen LogP contribution in [-0.2, 0) is 6.54 Å². The molecule has 0 unspecified atom stereocenters. The summed E-state index contributed by atoms with van der Waals surface area (Å²) in [6.07, 6.45) is 0. The highest BCUT2D eigenvalue weighted by Crippen LogP contribution is 2.36. The first-order valence-corrected chi connectivity index (χ1v) is 6.92. The zero-order valence-electron chi connectivity index (χ0n) is 7.99. The Balaban J connectivity index is 2.27. The molecule has 0 saturated heterocycles. The molecule has 3 rings (SSSR count). The van der Waals surface area contributed by atoms with Gasteiger partial charge in [0.25, 0.3) is 0 Å². The smallest absolute Gasteiger partial charge is 0.0377 e. The highest BCUT2D eigenvalue weighted by Gasteiger charge is 2.10. The molecule has 0 fully saturated rings. The number of hydrogen-bond donors (Lipinski definition) is 2. The minimum Gasteiger partial charge on any atom is -0.243 e. The minimum atomic E-state index is 0.872. The van der Waals surface area contributed by atoms with Crippen molar-refractivity contribution in [1.82, 2.24) is 10.3 Å². The molecule has 0 spiro atoms. The molecule has 0 aliphatic carbocycles. The van der Waals surface area contributed by atoms with E-state index >= 15 is 0 Å². The van der Waals surface area contributed by atoms with E-state index in [0.717, 1.165) is 6.54 Å². The van der Waals surface area contributed by atoms with Gasteiger partial charge in [0, 0.05) is 22.4 Å². The van der Waals surface area contributed by atoms with Gasteiger partial charge in [-0.05, 0) is 33.2 Å². The maximum Gasteiger partial charge on any atom is 0.0377 e. The molecule has 1 heterocycles. The van der Waals surface area contributed by atoms with Crippen LogP contribution in [0.1, 0.15) is 5.56 Å². The van der Waals surface area contributed by atoms with Gasteiger partial charge >= 0.3 is 0 Å². The average Bonchev–Trinajstić information content (AvgIpc) is 2.54. The van der Waals surface area contributed by atoms with Crippen LogP contribution in [-0.4, -0.2) is 0 Å². The lowest BCUT2D eigenvalue weighted by atomic mass is 10.0. The van der Waals surface area contributed by atoms with Crippen molar-refractivity contribution in [2.75, 3.05) is 0 Å². The van der Waals surface area contributed by atoms with Crippen molar-refractivity contribution in [3.8, 4) is 0 Å². The van der Waals surface area contributed by atoms with Gasteiger partial charge in [-0.2, -0.15) is 4.83 Å². The third-order valence-electron chi connectivity index (χ3n) is 2.51. The summed E-state index contributed by atoms with van der Waals surface area (Å²) in [6, 6.07) is 12.9. The van der Waals surface area contributed by atoms with Crippen LogP contribution < -0.4 is 10.3 Å². The molecular weight excluding hydrogens is 224 g/mol. The Bertz CT molecular complexity index is 499. The maximum atomic E-state index is 3.19. The largest absolute Gasteiger partial charge is 0.243 e. The lowest BCUT2D eigenvalue weighted by molar-refractivity contribution is 0.687. The van der Waals surface area contributed by atoms with Gasteiger partial charge in [-0.3, -0.25) is 0 Å². The van der Waals surface area contributed by atoms with Gasteiger partial charge in [0.2, 0.25) is 0 Å². The van der Waals surface area contributed by atoms with Gasteiger partial charge in [-0.1, -0.05) is 30.3 Å². The highest BCUT2D eigenvalue weighted by molar-refractivity contribution is 8.76. The summed E-state index contributed by atoms with van der Waals surface area (Å²) < 4.78 is 0. The molecule has 0 saturated carbocycles. The van der Waals surface area contributed by atoms with Gasteiger partial charge in [0.15, 0.2) is 0 Å².